The van der Waals surface area contributed by atoms with Crippen molar-refractivity contribution in [3.8, 4) is 0 Å². The molecule has 0 aliphatic carbocycles. The van der Waals surface area contributed by atoms with Crippen molar-refractivity contribution < 1.29 is 4.79 Å². The number of aromatic nitrogens is 2. The van der Waals surface area contributed by atoms with E-state index >= 15 is 0 Å². The Labute approximate surface area is 149 Å². The number of rotatable bonds is 5. The van der Waals surface area contributed by atoms with Crippen LogP contribution in [0.3, 0.4) is 0 Å². The number of urea groups is 1. The summed E-state index contributed by atoms with van der Waals surface area (Å²) < 4.78 is 2.08. The molecule has 3 rings (SSSR count). The molecule has 0 atom stereocenters. The van der Waals surface area contributed by atoms with E-state index in [0.29, 0.717) is 13.1 Å². The summed E-state index contributed by atoms with van der Waals surface area (Å²) in [7, 11) is 2.00. The molecule has 0 radical (unpaired) electrons. The maximum atomic E-state index is 12.0. The van der Waals surface area contributed by atoms with E-state index in [1.54, 1.807) is 0 Å². The highest BCUT2D eigenvalue weighted by molar-refractivity contribution is 5.73. The van der Waals surface area contributed by atoms with E-state index in [4.69, 9.17) is 0 Å². The van der Waals surface area contributed by atoms with Crippen molar-refractivity contribution >= 4 is 11.8 Å². The van der Waals surface area contributed by atoms with Gasteiger partial charge in [0, 0.05) is 44.3 Å². The average molecular weight is 341 g/mol. The van der Waals surface area contributed by atoms with Crippen molar-refractivity contribution in [1.29, 1.82) is 0 Å². The molecule has 1 aliphatic rings. The molecule has 2 N–H and O–H groups in total. The van der Waals surface area contributed by atoms with E-state index in [1.807, 2.05) is 38.4 Å². The first-order valence-electron chi connectivity index (χ1n) is 8.96. The third kappa shape index (κ3) is 4.53. The lowest BCUT2D eigenvalue weighted by Gasteiger charge is -2.27. The highest BCUT2D eigenvalue weighted by Gasteiger charge is 2.12. The van der Waals surface area contributed by atoms with Gasteiger partial charge in [-0.15, -0.1) is 0 Å². The first-order valence-corrected chi connectivity index (χ1v) is 8.96. The number of carbonyl (C=O) groups excluding carboxylic acids is 1. The lowest BCUT2D eigenvalue weighted by Crippen LogP contribution is -2.35. The molecule has 0 spiro atoms. The van der Waals surface area contributed by atoms with Gasteiger partial charge in [0.25, 0.3) is 0 Å². The Morgan fingerprint density at radius 1 is 1.12 bits per heavy atom. The number of aryl methyl sites for hydroxylation is 1. The van der Waals surface area contributed by atoms with Gasteiger partial charge in [0.05, 0.1) is 6.54 Å². The molecule has 1 aliphatic heterocycles. The van der Waals surface area contributed by atoms with Gasteiger partial charge in [-0.3, -0.25) is 0 Å². The Hall–Kier alpha value is -2.50. The number of nitrogens with one attached hydrogen (secondary N) is 2. The molecule has 0 saturated carbocycles. The van der Waals surface area contributed by atoms with Gasteiger partial charge in [-0.25, -0.2) is 9.78 Å². The van der Waals surface area contributed by atoms with Crippen LogP contribution in [0.25, 0.3) is 0 Å². The van der Waals surface area contributed by atoms with Crippen molar-refractivity contribution in [2.45, 2.75) is 39.3 Å². The molecule has 134 valence electrons. The summed E-state index contributed by atoms with van der Waals surface area (Å²) >= 11 is 0. The van der Waals surface area contributed by atoms with Crippen LogP contribution in [-0.4, -0.2) is 28.7 Å². The molecule has 2 aromatic heterocycles. The number of piperidine rings is 1. The zero-order chi connectivity index (χ0) is 17.6. The summed E-state index contributed by atoms with van der Waals surface area (Å²) in [6.07, 6.45) is 5.58. The van der Waals surface area contributed by atoms with Gasteiger partial charge >= 0.3 is 6.03 Å². The summed E-state index contributed by atoms with van der Waals surface area (Å²) in [5.41, 5.74) is 3.34. The number of carbonyl (C=O) groups is 1. The van der Waals surface area contributed by atoms with E-state index in [2.05, 4.69) is 31.2 Å². The predicted molar refractivity (Wildman–Crippen MR) is 99.5 cm³/mol. The fourth-order valence-corrected chi connectivity index (χ4v) is 3.13. The van der Waals surface area contributed by atoms with Gasteiger partial charge in [-0.05, 0) is 56.0 Å². The second kappa shape index (κ2) is 8.05. The van der Waals surface area contributed by atoms with E-state index in [1.165, 1.54) is 25.0 Å². The lowest BCUT2D eigenvalue weighted by molar-refractivity contribution is 0.240. The molecule has 0 bridgehead atoms. The van der Waals surface area contributed by atoms with Gasteiger partial charge in [0.2, 0.25) is 0 Å². The number of pyridine rings is 1. The lowest BCUT2D eigenvalue weighted by atomic mass is 10.1. The fourth-order valence-electron chi connectivity index (χ4n) is 3.13. The number of nitrogens with zero attached hydrogens (tertiary/aromatic N) is 3. The smallest absolute Gasteiger partial charge is 0.315 e. The second-order valence-corrected chi connectivity index (χ2v) is 6.63. The molecule has 6 heteroatoms. The topological polar surface area (TPSA) is 62.2 Å². The van der Waals surface area contributed by atoms with Crippen LogP contribution >= 0.6 is 0 Å². The van der Waals surface area contributed by atoms with Crippen LogP contribution in [0.2, 0.25) is 0 Å². The molecular formula is C19H27N5O. The molecule has 1 fully saturated rings. The predicted octanol–water partition coefficient (Wildman–Crippen LogP) is 2.72. The fraction of sp³-hybridized carbons (Fsp3) is 0.474. The van der Waals surface area contributed by atoms with Crippen molar-refractivity contribution in [3.63, 3.8) is 0 Å². The van der Waals surface area contributed by atoms with Crippen molar-refractivity contribution in [3.05, 3.63) is 47.4 Å². The van der Waals surface area contributed by atoms with Gasteiger partial charge in [-0.1, -0.05) is 0 Å². The third-order valence-electron chi connectivity index (χ3n) is 4.85. The second-order valence-electron chi connectivity index (χ2n) is 6.63. The van der Waals surface area contributed by atoms with Crippen LogP contribution in [-0.2, 0) is 20.1 Å². The largest absolute Gasteiger partial charge is 0.357 e. The summed E-state index contributed by atoms with van der Waals surface area (Å²) in [5.74, 6) is 1.01. The van der Waals surface area contributed by atoms with Crippen molar-refractivity contribution in [2.75, 3.05) is 18.0 Å². The Bertz CT molecular complexity index is 718. The Kier molecular flexibility index (Phi) is 5.58. The zero-order valence-corrected chi connectivity index (χ0v) is 15.1. The van der Waals surface area contributed by atoms with E-state index < -0.39 is 0 Å². The highest BCUT2D eigenvalue weighted by Crippen LogP contribution is 2.18. The molecule has 1 saturated heterocycles. The summed E-state index contributed by atoms with van der Waals surface area (Å²) in [5, 5.41) is 5.82. The average Bonchev–Trinajstić information content (AvgIpc) is 2.97. The Morgan fingerprint density at radius 2 is 1.88 bits per heavy atom. The molecule has 2 aromatic rings. The molecule has 2 amide bonds. The van der Waals surface area contributed by atoms with Crippen LogP contribution in [0.5, 0.6) is 0 Å². The Morgan fingerprint density at radius 3 is 2.60 bits per heavy atom. The van der Waals surface area contributed by atoms with E-state index in [0.717, 1.165) is 30.2 Å². The summed E-state index contributed by atoms with van der Waals surface area (Å²) in [4.78, 5) is 18.8. The first kappa shape index (κ1) is 17.3. The van der Waals surface area contributed by atoms with Crippen LogP contribution < -0.4 is 15.5 Å². The Balaban J connectivity index is 1.49. The zero-order valence-electron chi connectivity index (χ0n) is 15.1. The van der Waals surface area contributed by atoms with Gasteiger partial charge in [0.1, 0.15) is 5.82 Å². The van der Waals surface area contributed by atoms with Crippen LogP contribution in [0.15, 0.2) is 30.5 Å². The SMILES string of the molecule is Cc1ccc(CNC(=O)NCc2ccnc(N3CCCCC3)c2)n1C. The third-order valence-corrected chi connectivity index (χ3v) is 4.85. The maximum Gasteiger partial charge on any atom is 0.315 e. The summed E-state index contributed by atoms with van der Waals surface area (Å²) in [6.45, 7) is 5.21. The van der Waals surface area contributed by atoms with E-state index in [9.17, 15) is 4.79 Å². The maximum absolute atomic E-state index is 12.0. The normalized spacial score (nSPS) is 14.4. The minimum Gasteiger partial charge on any atom is -0.357 e. The van der Waals surface area contributed by atoms with Gasteiger partial charge in [-0.2, -0.15) is 0 Å². The molecular weight excluding hydrogens is 314 g/mol. The minimum atomic E-state index is -0.157. The molecule has 3 heterocycles. The van der Waals surface area contributed by atoms with Gasteiger partial charge in [0.15, 0.2) is 0 Å². The number of hydrogen-bond donors (Lipinski definition) is 2. The van der Waals surface area contributed by atoms with Crippen LogP contribution in [0.1, 0.15) is 36.2 Å². The number of hydrogen-bond acceptors (Lipinski definition) is 3. The molecule has 6 nitrogen and oxygen atoms in total. The van der Waals surface area contributed by atoms with Crippen molar-refractivity contribution in [1.82, 2.24) is 20.2 Å². The number of amides is 2. The van der Waals surface area contributed by atoms with Crippen LogP contribution in [0, 0.1) is 6.92 Å². The quantitative estimate of drug-likeness (QED) is 0.879. The highest BCUT2D eigenvalue weighted by atomic mass is 16.2. The molecule has 0 aromatic carbocycles. The standard InChI is InChI=1S/C19H27N5O/c1-15-6-7-17(23(15)2)14-22-19(25)21-13-16-8-9-20-18(12-16)24-10-4-3-5-11-24/h6-9,12H,3-5,10-11,13-14H2,1-2H3,(H2,21,22,25). The minimum absolute atomic E-state index is 0.157. The van der Waals surface area contributed by atoms with Gasteiger partial charge < -0.3 is 20.1 Å². The molecule has 0 unspecified atom stereocenters. The van der Waals surface area contributed by atoms with E-state index in [-0.39, 0.29) is 6.03 Å². The first-order chi connectivity index (χ1) is 12.1. The van der Waals surface area contributed by atoms with Crippen LogP contribution in [0.4, 0.5) is 10.6 Å². The number of anilines is 1. The van der Waals surface area contributed by atoms with Crippen molar-refractivity contribution in [2.24, 2.45) is 7.05 Å². The monoisotopic (exact) mass is 341 g/mol. The molecule has 25 heavy (non-hydrogen) atoms. The summed E-state index contributed by atoms with van der Waals surface area (Å²) in [6, 6.07) is 7.95.